The molecule has 1 aliphatic heterocycles. The zero-order valence-corrected chi connectivity index (χ0v) is 9.40. The summed E-state index contributed by atoms with van der Waals surface area (Å²) in [6.45, 7) is 0.539. The van der Waals surface area contributed by atoms with Crippen molar-refractivity contribution < 1.29 is 14.3 Å². The first-order chi connectivity index (χ1) is 8.11. The smallest absolute Gasteiger partial charge is 0.254 e. The topological polar surface area (TPSA) is 66.6 Å². The molecule has 0 bridgehead atoms. The van der Waals surface area contributed by atoms with Crippen molar-refractivity contribution in [1.29, 1.82) is 0 Å². The Morgan fingerprint density at radius 1 is 1.53 bits per heavy atom. The van der Waals surface area contributed by atoms with Crippen molar-refractivity contribution in [2.75, 3.05) is 18.9 Å². The summed E-state index contributed by atoms with van der Waals surface area (Å²) >= 11 is 0. The van der Waals surface area contributed by atoms with Crippen LogP contribution < -0.4 is 5.73 Å². The van der Waals surface area contributed by atoms with Gasteiger partial charge in [-0.25, -0.2) is 4.39 Å². The molecule has 92 valence electrons. The Bertz CT molecular complexity index is 416. The van der Waals surface area contributed by atoms with Gasteiger partial charge in [0.15, 0.2) is 0 Å². The zero-order chi connectivity index (χ0) is 12.4. The van der Waals surface area contributed by atoms with E-state index in [2.05, 4.69) is 0 Å². The number of anilines is 1. The fraction of sp³-hybridized carbons (Fsp3) is 0.417. The maximum atomic E-state index is 13.2. The summed E-state index contributed by atoms with van der Waals surface area (Å²) in [5.41, 5.74) is 5.97. The SMILES string of the molecule is Nc1cc(F)cc(C(=O)N2CCC[C@H]2CO)c1. The highest BCUT2D eigenvalue weighted by atomic mass is 19.1. The standard InChI is InChI=1S/C12H15FN2O2/c13-9-4-8(5-10(14)6-9)12(17)15-3-1-2-11(15)7-16/h4-6,11,16H,1-3,7,14H2/t11-/m0/s1. The van der Waals surface area contributed by atoms with E-state index in [1.54, 1.807) is 4.90 Å². The molecule has 5 heteroatoms. The lowest BCUT2D eigenvalue weighted by molar-refractivity contribution is 0.0677. The molecule has 2 rings (SSSR count). The molecule has 1 atom stereocenters. The Hall–Kier alpha value is -1.62. The predicted molar refractivity (Wildman–Crippen MR) is 62.0 cm³/mol. The van der Waals surface area contributed by atoms with Crippen molar-refractivity contribution in [2.24, 2.45) is 0 Å². The molecule has 0 aromatic heterocycles. The van der Waals surface area contributed by atoms with E-state index in [4.69, 9.17) is 10.8 Å². The molecule has 4 nitrogen and oxygen atoms in total. The number of benzene rings is 1. The summed E-state index contributed by atoms with van der Waals surface area (Å²) in [5.74, 6) is -0.791. The van der Waals surface area contributed by atoms with Gasteiger partial charge in [0, 0.05) is 17.8 Å². The number of hydrogen-bond acceptors (Lipinski definition) is 3. The van der Waals surface area contributed by atoms with Gasteiger partial charge in [0.25, 0.3) is 5.91 Å². The fourth-order valence-corrected chi connectivity index (χ4v) is 2.19. The molecule has 3 N–H and O–H groups in total. The van der Waals surface area contributed by atoms with Crippen LogP contribution in [-0.2, 0) is 0 Å². The highest BCUT2D eigenvalue weighted by Crippen LogP contribution is 2.21. The maximum Gasteiger partial charge on any atom is 0.254 e. The van der Waals surface area contributed by atoms with Gasteiger partial charge in [0.05, 0.1) is 12.6 Å². The van der Waals surface area contributed by atoms with Crippen molar-refractivity contribution in [3.05, 3.63) is 29.6 Å². The minimum atomic E-state index is -0.520. The number of rotatable bonds is 2. The average Bonchev–Trinajstić information content (AvgIpc) is 2.74. The maximum absolute atomic E-state index is 13.2. The number of carbonyl (C=O) groups is 1. The molecule has 17 heavy (non-hydrogen) atoms. The number of nitrogens with zero attached hydrogens (tertiary/aromatic N) is 1. The molecule has 0 aliphatic carbocycles. The monoisotopic (exact) mass is 238 g/mol. The molecule has 1 amide bonds. The fourth-order valence-electron chi connectivity index (χ4n) is 2.19. The van der Waals surface area contributed by atoms with E-state index in [9.17, 15) is 9.18 Å². The van der Waals surface area contributed by atoms with Crippen molar-refractivity contribution in [3.8, 4) is 0 Å². The van der Waals surface area contributed by atoms with Gasteiger partial charge in [-0.1, -0.05) is 0 Å². The van der Waals surface area contributed by atoms with Crippen LogP contribution in [-0.4, -0.2) is 35.1 Å². The molecule has 1 fully saturated rings. The number of aliphatic hydroxyl groups is 1. The number of carbonyl (C=O) groups excluding carboxylic acids is 1. The molecule has 1 saturated heterocycles. The first-order valence-electron chi connectivity index (χ1n) is 5.59. The Balaban J connectivity index is 2.24. The minimum Gasteiger partial charge on any atom is -0.399 e. The van der Waals surface area contributed by atoms with E-state index in [0.717, 1.165) is 12.8 Å². The van der Waals surface area contributed by atoms with Crippen LogP contribution in [0.3, 0.4) is 0 Å². The number of aliphatic hydroxyl groups excluding tert-OH is 1. The van der Waals surface area contributed by atoms with E-state index in [0.29, 0.717) is 6.54 Å². The van der Waals surface area contributed by atoms with E-state index >= 15 is 0 Å². The molecule has 0 unspecified atom stereocenters. The third-order valence-corrected chi connectivity index (χ3v) is 3.02. The molecular weight excluding hydrogens is 223 g/mol. The van der Waals surface area contributed by atoms with Crippen LogP contribution in [0.1, 0.15) is 23.2 Å². The van der Waals surface area contributed by atoms with Crippen LogP contribution in [0, 0.1) is 5.82 Å². The van der Waals surface area contributed by atoms with Crippen LogP contribution in [0.5, 0.6) is 0 Å². The predicted octanol–water partition coefficient (Wildman–Crippen LogP) is 1.00. The largest absolute Gasteiger partial charge is 0.399 e. The molecule has 0 radical (unpaired) electrons. The minimum absolute atomic E-state index is 0.0590. The highest BCUT2D eigenvalue weighted by Gasteiger charge is 2.28. The number of halogens is 1. The summed E-state index contributed by atoms with van der Waals surface area (Å²) in [7, 11) is 0. The molecule has 1 aromatic rings. The average molecular weight is 238 g/mol. The Morgan fingerprint density at radius 3 is 2.94 bits per heavy atom. The van der Waals surface area contributed by atoms with E-state index in [-0.39, 0.29) is 29.8 Å². The summed E-state index contributed by atoms with van der Waals surface area (Å²) in [5, 5.41) is 9.15. The second kappa shape index (κ2) is 4.71. The first-order valence-corrected chi connectivity index (χ1v) is 5.59. The highest BCUT2D eigenvalue weighted by molar-refractivity contribution is 5.95. The second-order valence-electron chi connectivity index (χ2n) is 4.25. The Kier molecular flexibility index (Phi) is 3.28. The summed E-state index contributed by atoms with van der Waals surface area (Å²) in [4.78, 5) is 13.7. The van der Waals surface area contributed by atoms with Gasteiger partial charge in [0.1, 0.15) is 5.82 Å². The number of nitrogens with two attached hydrogens (primary N) is 1. The molecule has 1 aliphatic rings. The lowest BCUT2D eigenvalue weighted by atomic mass is 10.1. The number of likely N-dealkylation sites (tertiary alicyclic amines) is 1. The second-order valence-corrected chi connectivity index (χ2v) is 4.25. The summed E-state index contributed by atoms with van der Waals surface area (Å²) < 4.78 is 13.2. The van der Waals surface area contributed by atoms with E-state index in [1.165, 1.54) is 18.2 Å². The van der Waals surface area contributed by atoms with Gasteiger partial charge >= 0.3 is 0 Å². The van der Waals surface area contributed by atoms with E-state index in [1.807, 2.05) is 0 Å². The first kappa shape index (κ1) is 11.9. The quantitative estimate of drug-likeness (QED) is 0.755. The van der Waals surface area contributed by atoms with Gasteiger partial charge in [-0.05, 0) is 31.0 Å². The van der Waals surface area contributed by atoms with Crippen molar-refractivity contribution in [1.82, 2.24) is 4.90 Å². The van der Waals surface area contributed by atoms with Gasteiger partial charge in [0.2, 0.25) is 0 Å². The van der Waals surface area contributed by atoms with Crippen LogP contribution in [0.25, 0.3) is 0 Å². The van der Waals surface area contributed by atoms with Gasteiger partial charge in [-0.3, -0.25) is 4.79 Å². The third-order valence-electron chi connectivity index (χ3n) is 3.02. The van der Waals surface area contributed by atoms with Crippen molar-refractivity contribution in [3.63, 3.8) is 0 Å². The number of amides is 1. The lowest BCUT2D eigenvalue weighted by Gasteiger charge is -2.23. The lowest BCUT2D eigenvalue weighted by Crippen LogP contribution is -2.37. The van der Waals surface area contributed by atoms with Crippen molar-refractivity contribution >= 4 is 11.6 Å². The van der Waals surface area contributed by atoms with Crippen LogP contribution in [0.4, 0.5) is 10.1 Å². The third kappa shape index (κ3) is 2.39. The normalized spacial score (nSPS) is 19.6. The van der Waals surface area contributed by atoms with Crippen LogP contribution in [0.2, 0.25) is 0 Å². The van der Waals surface area contributed by atoms with Crippen LogP contribution in [0.15, 0.2) is 18.2 Å². The Morgan fingerprint density at radius 2 is 2.29 bits per heavy atom. The number of nitrogen functional groups attached to an aromatic ring is 1. The van der Waals surface area contributed by atoms with Crippen molar-refractivity contribution in [2.45, 2.75) is 18.9 Å². The number of hydrogen-bond donors (Lipinski definition) is 2. The summed E-state index contributed by atoms with van der Waals surface area (Å²) in [6, 6.07) is 3.64. The molecule has 1 heterocycles. The molecular formula is C12H15FN2O2. The van der Waals surface area contributed by atoms with E-state index < -0.39 is 5.82 Å². The molecule has 0 spiro atoms. The van der Waals surface area contributed by atoms with Gasteiger partial charge < -0.3 is 15.7 Å². The zero-order valence-electron chi connectivity index (χ0n) is 9.40. The van der Waals surface area contributed by atoms with Gasteiger partial charge in [-0.15, -0.1) is 0 Å². The van der Waals surface area contributed by atoms with Crippen LogP contribution >= 0.6 is 0 Å². The Labute approximate surface area is 98.8 Å². The van der Waals surface area contributed by atoms with Gasteiger partial charge in [-0.2, -0.15) is 0 Å². The molecule has 0 saturated carbocycles. The summed E-state index contributed by atoms with van der Waals surface area (Å²) in [6.07, 6.45) is 1.65. The molecule has 1 aromatic carbocycles.